The summed E-state index contributed by atoms with van der Waals surface area (Å²) in [5, 5.41) is 3.13. The number of alkyl halides is 3. The molecule has 0 unspecified atom stereocenters. The average molecular weight is 397 g/mol. The fourth-order valence-corrected chi connectivity index (χ4v) is 3.01. The molecule has 1 aromatic heterocycles. The number of hydrogen-bond donors (Lipinski definition) is 2. The first kappa shape index (κ1) is 18.6. The lowest BCUT2D eigenvalue weighted by atomic mass is 10.1. The zero-order valence-electron chi connectivity index (χ0n) is 13.4. The van der Waals surface area contributed by atoms with Gasteiger partial charge in [-0.1, -0.05) is 11.3 Å². The molecule has 0 saturated carbocycles. The molecule has 2 aromatic carbocycles. The van der Waals surface area contributed by atoms with Crippen LogP contribution in [-0.2, 0) is 0 Å². The van der Waals surface area contributed by atoms with Crippen LogP contribution < -0.4 is 15.8 Å². The number of ketones is 1. The highest BCUT2D eigenvalue weighted by atomic mass is 32.1. The second kappa shape index (κ2) is 7.23. The number of rotatable bonds is 5. The summed E-state index contributed by atoms with van der Waals surface area (Å²) in [6.45, 7) is 0. The molecular weight excluding hydrogens is 386 g/mol. The van der Waals surface area contributed by atoms with Gasteiger partial charge in [0, 0.05) is 11.3 Å². The number of benzene rings is 2. The number of aromatic nitrogens is 1. The first-order chi connectivity index (χ1) is 12.7. The van der Waals surface area contributed by atoms with Crippen molar-refractivity contribution in [1.82, 2.24) is 4.98 Å². The molecule has 1 heterocycles. The second-order valence-electron chi connectivity index (χ2n) is 5.27. The van der Waals surface area contributed by atoms with Crippen molar-refractivity contribution in [2.24, 2.45) is 0 Å². The zero-order chi connectivity index (χ0) is 19.6. The van der Waals surface area contributed by atoms with Gasteiger partial charge in [0.15, 0.2) is 5.13 Å². The van der Waals surface area contributed by atoms with Crippen molar-refractivity contribution in [2.45, 2.75) is 6.36 Å². The summed E-state index contributed by atoms with van der Waals surface area (Å²) >= 11 is 0.974. The minimum atomic E-state index is -4.77. The Balaban J connectivity index is 1.74. The maximum Gasteiger partial charge on any atom is 0.573 e. The Labute approximate surface area is 154 Å². The van der Waals surface area contributed by atoms with Gasteiger partial charge in [-0.05, 0) is 48.5 Å². The summed E-state index contributed by atoms with van der Waals surface area (Å²) in [5.74, 6) is -1.25. The van der Waals surface area contributed by atoms with Gasteiger partial charge in [-0.2, -0.15) is 0 Å². The number of nitrogen functional groups attached to an aromatic ring is 1. The second-order valence-corrected chi connectivity index (χ2v) is 6.27. The number of thiazole rings is 1. The Kier molecular flexibility index (Phi) is 5.00. The van der Waals surface area contributed by atoms with Crippen molar-refractivity contribution in [2.75, 3.05) is 11.1 Å². The molecule has 10 heteroatoms. The molecule has 0 radical (unpaired) electrons. The van der Waals surface area contributed by atoms with Crippen LogP contribution in [-0.4, -0.2) is 17.1 Å². The highest BCUT2D eigenvalue weighted by Gasteiger charge is 2.31. The first-order valence-corrected chi connectivity index (χ1v) is 8.22. The topological polar surface area (TPSA) is 77.2 Å². The van der Waals surface area contributed by atoms with Crippen LogP contribution in [0.3, 0.4) is 0 Å². The van der Waals surface area contributed by atoms with E-state index in [1.54, 1.807) is 0 Å². The first-order valence-electron chi connectivity index (χ1n) is 7.41. The lowest BCUT2D eigenvalue weighted by Gasteiger charge is -2.09. The predicted molar refractivity (Wildman–Crippen MR) is 92.8 cm³/mol. The van der Waals surface area contributed by atoms with Crippen molar-refractivity contribution in [3.05, 3.63) is 64.8 Å². The van der Waals surface area contributed by atoms with Crippen LogP contribution in [0, 0.1) is 5.82 Å². The number of ether oxygens (including phenoxy) is 1. The van der Waals surface area contributed by atoms with Crippen LogP contribution in [0.5, 0.6) is 5.75 Å². The van der Waals surface area contributed by atoms with E-state index in [-0.39, 0.29) is 27.1 Å². The molecule has 140 valence electrons. The molecule has 5 nitrogen and oxygen atoms in total. The van der Waals surface area contributed by atoms with Crippen LogP contribution >= 0.6 is 11.3 Å². The van der Waals surface area contributed by atoms with Crippen molar-refractivity contribution < 1.29 is 27.1 Å². The van der Waals surface area contributed by atoms with E-state index in [1.165, 1.54) is 24.3 Å². The molecule has 0 aliphatic rings. The fraction of sp³-hybridized carbons (Fsp3) is 0.0588. The van der Waals surface area contributed by atoms with Gasteiger partial charge in [-0.15, -0.1) is 13.2 Å². The third-order valence-electron chi connectivity index (χ3n) is 3.31. The molecule has 3 rings (SSSR count). The fourth-order valence-electron chi connectivity index (χ4n) is 2.14. The van der Waals surface area contributed by atoms with Gasteiger partial charge in [0.25, 0.3) is 0 Å². The van der Waals surface area contributed by atoms with Gasteiger partial charge in [0.1, 0.15) is 22.3 Å². The van der Waals surface area contributed by atoms with Crippen molar-refractivity contribution in [3.8, 4) is 5.75 Å². The monoisotopic (exact) mass is 397 g/mol. The predicted octanol–water partition coefficient (Wildman–Crippen LogP) is 4.74. The minimum absolute atomic E-state index is 0.00569. The highest BCUT2D eigenvalue weighted by Crippen LogP contribution is 2.31. The molecule has 0 amide bonds. The lowest BCUT2D eigenvalue weighted by Crippen LogP contribution is -2.16. The Bertz CT molecular complexity index is 954. The number of carbonyl (C=O) groups excluding carboxylic acids is 1. The van der Waals surface area contributed by atoms with Crippen molar-refractivity contribution >= 4 is 33.8 Å². The Morgan fingerprint density at radius 3 is 2.30 bits per heavy atom. The van der Waals surface area contributed by atoms with Crippen LogP contribution in [0.2, 0.25) is 0 Å². The Hall–Kier alpha value is -3.14. The third kappa shape index (κ3) is 4.73. The quantitative estimate of drug-likeness (QED) is 0.480. The maximum atomic E-state index is 13.0. The van der Waals surface area contributed by atoms with Gasteiger partial charge in [0.2, 0.25) is 5.78 Å². The van der Waals surface area contributed by atoms with E-state index in [4.69, 9.17) is 5.73 Å². The number of anilines is 3. The third-order valence-corrected chi connectivity index (χ3v) is 4.29. The standard InChI is InChI=1S/C17H11F4N3O2S/c18-10-3-1-9(2-4-10)13(25)14-15(22)24-16(27-14)23-11-5-7-12(8-6-11)26-17(19,20)21/h1-8H,22H2,(H,23,24). The minimum Gasteiger partial charge on any atom is -0.406 e. The van der Waals surface area contributed by atoms with E-state index in [2.05, 4.69) is 15.0 Å². The van der Waals surface area contributed by atoms with E-state index in [0.717, 1.165) is 35.6 Å². The Morgan fingerprint density at radius 2 is 1.70 bits per heavy atom. The van der Waals surface area contributed by atoms with Crippen LogP contribution in [0.25, 0.3) is 0 Å². The van der Waals surface area contributed by atoms with Crippen molar-refractivity contribution in [3.63, 3.8) is 0 Å². The molecule has 0 aliphatic carbocycles. The average Bonchev–Trinajstić information content (AvgIpc) is 2.96. The number of halogens is 4. The van der Waals surface area contributed by atoms with E-state index in [9.17, 15) is 22.4 Å². The Morgan fingerprint density at radius 1 is 1.07 bits per heavy atom. The normalized spacial score (nSPS) is 11.3. The molecule has 0 saturated heterocycles. The molecule has 3 aromatic rings. The highest BCUT2D eigenvalue weighted by molar-refractivity contribution is 7.18. The molecule has 27 heavy (non-hydrogen) atoms. The van der Waals surface area contributed by atoms with E-state index < -0.39 is 18.0 Å². The molecule has 0 fully saturated rings. The van der Waals surface area contributed by atoms with E-state index in [1.807, 2.05) is 0 Å². The van der Waals surface area contributed by atoms with Gasteiger partial charge in [-0.25, -0.2) is 9.37 Å². The molecule has 0 atom stereocenters. The van der Waals surface area contributed by atoms with E-state index in [0.29, 0.717) is 5.69 Å². The van der Waals surface area contributed by atoms with Gasteiger partial charge in [-0.3, -0.25) is 4.79 Å². The number of nitrogens with zero attached hydrogens (tertiary/aromatic N) is 1. The van der Waals surface area contributed by atoms with Crippen molar-refractivity contribution in [1.29, 1.82) is 0 Å². The van der Waals surface area contributed by atoms with Gasteiger partial charge >= 0.3 is 6.36 Å². The number of nitrogens with two attached hydrogens (primary N) is 1. The summed E-state index contributed by atoms with van der Waals surface area (Å²) in [7, 11) is 0. The van der Waals surface area contributed by atoms with Crippen LogP contribution in [0.1, 0.15) is 15.2 Å². The van der Waals surface area contributed by atoms with E-state index >= 15 is 0 Å². The summed E-state index contributed by atoms with van der Waals surface area (Å²) in [6.07, 6.45) is -4.77. The van der Waals surface area contributed by atoms with Gasteiger partial charge in [0.05, 0.1) is 0 Å². The summed E-state index contributed by atoms with van der Waals surface area (Å²) in [4.78, 5) is 16.6. The molecule has 0 bridgehead atoms. The summed E-state index contributed by atoms with van der Waals surface area (Å²) in [5.41, 5.74) is 6.46. The maximum absolute atomic E-state index is 13.0. The molecular formula is C17H11F4N3O2S. The molecule has 0 spiro atoms. The summed E-state index contributed by atoms with van der Waals surface area (Å²) in [6, 6.07) is 9.99. The smallest absolute Gasteiger partial charge is 0.406 e. The molecule has 3 N–H and O–H groups in total. The van der Waals surface area contributed by atoms with Crippen LogP contribution in [0.15, 0.2) is 48.5 Å². The number of nitrogens with one attached hydrogen (secondary N) is 1. The number of hydrogen-bond acceptors (Lipinski definition) is 6. The largest absolute Gasteiger partial charge is 0.573 e. The summed E-state index contributed by atoms with van der Waals surface area (Å²) < 4.78 is 53.2. The molecule has 0 aliphatic heterocycles. The lowest BCUT2D eigenvalue weighted by molar-refractivity contribution is -0.274. The number of carbonyl (C=O) groups is 1. The van der Waals surface area contributed by atoms with Gasteiger partial charge < -0.3 is 15.8 Å². The van der Waals surface area contributed by atoms with Crippen LogP contribution in [0.4, 0.5) is 34.2 Å². The SMILES string of the molecule is Nc1nc(Nc2ccc(OC(F)(F)F)cc2)sc1C(=O)c1ccc(F)cc1. The zero-order valence-corrected chi connectivity index (χ0v) is 14.2.